The molecule has 1 N–H and O–H groups in total. The van der Waals surface area contributed by atoms with Crippen LogP contribution in [0.2, 0.25) is 0 Å². The van der Waals surface area contributed by atoms with Crippen LogP contribution < -0.4 is 10.2 Å². The normalized spacial score (nSPS) is 16.6. The van der Waals surface area contributed by atoms with Crippen molar-refractivity contribution in [3.63, 3.8) is 0 Å². The first-order chi connectivity index (χ1) is 16.7. The van der Waals surface area contributed by atoms with Crippen LogP contribution in [0.25, 0.3) is 11.4 Å². The van der Waals surface area contributed by atoms with Crippen molar-refractivity contribution in [2.24, 2.45) is 0 Å². The highest BCUT2D eigenvalue weighted by molar-refractivity contribution is 5.96. The minimum absolute atomic E-state index is 0.0124. The monoisotopic (exact) mass is 459 g/mol. The van der Waals surface area contributed by atoms with Gasteiger partial charge in [0.15, 0.2) is 0 Å². The zero-order valence-electron chi connectivity index (χ0n) is 19.2. The third-order valence-electron chi connectivity index (χ3n) is 6.71. The van der Waals surface area contributed by atoms with Crippen molar-refractivity contribution in [1.82, 2.24) is 20.4 Å². The van der Waals surface area contributed by atoms with Gasteiger partial charge in [0.05, 0.1) is 6.54 Å². The van der Waals surface area contributed by atoms with Gasteiger partial charge in [-0.25, -0.2) is 0 Å². The first-order valence-electron chi connectivity index (χ1n) is 12.0. The van der Waals surface area contributed by atoms with E-state index in [0.717, 1.165) is 31.5 Å². The second-order valence-electron chi connectivity index (χ2n) is 8.90. The molecule has 0 radical (unpaired) electrons. The molecule has 1 saturated carbocycles. The fourth-order valence-corrected chi connectivity index (χ4v) is 4.68. The van der Waals surface area contributed by atoms with Gasteiger partial charge in [0.1, 0.15) is 0 Å². The Morgan fingerprint density at radius 2 is 1.65 bits per heavy atom. The molecule has 1 aliphatic carbocycles. The highest BCUT2D eigenvalue weighted by Gasteiger charge is 2.24. The standard InChI is InChI=1S/C26H29N5O3/c32-23(31-16-14-30(15-17-31)22-8-2-1-3-9-22)18-27-25(33)20-12-10-19(11-13-20)24-28-26(34-29-24)21-6-4-5-7-21/h1-3,8-13,21H,4-7,14-18H2,(H,27,33). The van der Waals surface area contributed by atoms with Crippen LogP contribution in [0.5, 0.6) is 0 Å². The molecule has 3 aromatic rings. The summed E-state index contributed by atoms with van der Waals surface area (Å²) in [5.74, 6) is 1.27. The summed E-state index contributed by atoms with van der Waals surface area (Å²) in [6, 6.07) is 17.3. The maximum absolute atomic E-state index is 12.6. The van der Waals surface area contributed by atoms with Crippen LogP contribution in [0.1, 0.15) is 47.8 Å². The van der Waals surface area contributed by atoms with Gasteiger partial charge in [0.2, 0.25) is 17.6 Å². The summed E-state index contributed by atoms with van der Waals surface area (Å²) in [5.41, 5.74) is 2.46. The van der Waals surface area contributed by atoms with E-state index in [9.17, 15) is 9.59 Å². The quantitative estimate of drug-likeness (QED) is 0.607. The molecule has 5 rings (SSSR count). The molecule has 176 valence electrons. The van der Waals surface area contributed by atoms with Crippen molar-refractivity contribution >= 4 is 17.5 Å². The van der Waals surface area contributed by atoms with Crippen molar-refractivity contribution in [2.75, 3.05) is 37.6 Å². The summed E-state index contributed by atoms with van der Waals surface area (Å²) >= 11 is 0. The molecule has 0 bridgehead atoms. The van der Waals surface area contributed by atoms with E-state index >= 15 is 0 Å². The van der Waals surface area contributed by atoms with E-state index in [0.29, 0.717) is 36.3 Å². The summed E-state index contributed by atoms with van der Waals surface area (Å²) in [7, 11) is 0. The number of rotatable bonds is 6. The predicted molar refractivity (Wildman–Crippen MR) is 129 cm³/mol. The van der Waals surface area contributed by atoms with Gasteiger partial charge in [-0.2, -0.15) is 4.98 Å². The van der Waals surface area contributed by atoms with Gasteiger partial charge in [-0.3, -0.25) is 9.59 Å². The number of amides is 2. The van der Waals surface area contributed by atoms with E-state index in [1.807, 2.05) is 30.3 Å². The molecule has 8 nitrogen and oxygen atoms in total. The molecular weight excluding hydrogens is 430 g/mol. The molecule has 2 aromatic carbocycles. The Kier molecular flexibility index (Phi) is 6.56. The molecule has 1 aliphatic heterocycles. The minimum atomic E-state index is -0.275. The number of hydrogen-bond donors (Lipinski definition) is 1. The van der Waals surface area contributed by atoms with Gasteiger partial charge in [-0.15, -0.1) is 0 Å². The molecule has 2 amide bonds. The van der Waals surface area contributed by atoms with E-state index in [1.165, 1.54) is 18.5 Å². The van der Waals surface area contributed by atoms with Gasteiger partial charge in [-0.05, 0) is 37.1 Å². The Hall–Kier alpha value is -3.68. The van der Waals surface area contributed by atoms with Crippen LogP contribution in [0.15, 0.2) is 59.1 Å². The van der Waals surface area contributed by atoms with Crippen LogP contribution in [0.3, 0.4) is 0 Å². The smallest absolute Gasteiger partial charge is 0.251 e. The zero-order valence-corrected chi connectivity index (χ0v) is 19.2. The highest BCUT2D eigenvalue weighted by atomic mass is 16.5. The van der Waals surface area contributed by atoms with Crippen molar-refractivity contribution in [1.29, 1.82) is 0 Å². The number of nitrogens with one attached hydrogen (secondary N) is 1. The fraction of sp³-hybridized carbons (Fsp3) is 0.385. The lowest BCUT2D eigenvalue weighted by Gasteiger charge is -2.36. The maximum atomic E-state index is 12.6. The number of benzene rings is 2. The number of aromatic nitrogens is 2. The first-order valence-corrected chi connectivity index (χ1v) is 12.0. The molecule has 2 heterocycles. The molecule has 8 heteroatoms. The fourth-order valence-electron chi connectivity index (χ4n) is 4.68. The van der Waals surface area contributed by atoms with Gasteiger partial charge < -0.3 is 19.6 Å². The molecule has 2 fully saturated rings. The van der Waals surface area contributed by atoms with E-state index in [4.69, 9.17) is 4.52 Å². The topological polar surface area (TPSA) is 91.6 Å². The lowest BCUT2D eigenvalue weighted by molar-refractivity contribution is -0.130. The van der Waals surface area contributed by atoms with Crippen molar-refractivity contribution in [3.8, 4) is 11.4 Å². The number of piperazine rings is 1. The van der Waals surface area contributed by atoms with E-state index in [1.54, 1.807) is 17.0 Å². The first kappa shape index (κ1) is 22.1. The van der Waals surface area contributed by atoms with E-state index in [-0.39, 0.29) is 18.4 Å². The number of hydrogen-bond acceptors (Lipinski definition) is 6. The number of carbonyl (C=O) groups is 2. The molecule has 1 saturated heterocycles. The van der Waals surface area contributed by atoms with Gasteiger partial charge >= 0.3 is 0 Å². The SMILES string of the molecule is O=C(NCC(=O)N1CCN(c2ccccc2)CC1)c1ccc(-c2noc(C3CCCC3)n2)cc1. The molecular formula is C26H29N5O3. The molecule has 2 aliphatic rings. The van der Waals surface area contributed by atoms with Crippen molar-refractivity contribution < 1.29 is 14.1 Å². The Morgan fingerprint density at radius 1 is 0.941 bits per heavy atom. The Morgan fingerprint density at radius 3 is 2.35 bits per heavy atom. The van der Waals surface area contributed by atoms with Gasteiger partial charge in [-0.1, -0.05) is 48.3 Å². The average Bonchev–Trinajstić information content (AvgIpc) is 3.60. The Bertz CT molecular complexity index is 1110. The maximum Gasteiger partial charge on any atom is 0.251 e. The van der Waals surface area contributed by atoms with Crippen LogP contribution in [-0.2, 0) is 4.79 Å². The number of nitrogens with zero attached hydrogens (tertiary/aromatic N) is 4. The second kappa shape index (κ2) is 10.1. The third kappa shape index (κ3) is 4.95. The zero-order chi connectivity index (χ0) is 23.3. The number of carbonyl (C=O) groups excluding carboxylic acids is 2. The minimum Gasteiger partial charge on any atom is -0.368 e. The summed E-state index contributed by atoms with van der Waals surface area (Å²) in [6.07, 6.45) is 4.61. The Labute approximate surface area is 198 Å². The Balaban J connectivity index is 1.11. The second-order valence-corrected chi connectivity index (χ2v) is 8.90. The summed E-state index contributed by atoms with van der Waals surface area (Å²) in [5, 5.41) is 6.85. The van der Waals surface area contributed by atoms with E-state index in [2.05, 4.69) is 32.5 Å². The van der Waals surface area contributed by atoms with Crippen molar-refractivity contribution in [2.45, 2.75) is 31.6 Å². The molecule has 0 atom stereocenters. The van der Waals surface area contributed by atoms with Gasteiger partial charge in [0, 0.05) is 48.9 Å². The summed E-state index contributed by atoms with van der Waals surface area (Å²) in [6.45, 7) is 2.84. The van der Waals surface area contributed by atoms with Crippen LogP contribution in [0.4, 0.5) is 5.69 Å². The number of anilines is 1. The van der Waals surface area contributed by atoms with Crippen LogP contribution in [0, 0.1) is 0 Å². The molecule has 34 heavy (non-hydrogen) atoms. The van der Waals surface area contributed by atoms with E-state index < -0.39 is 0 Å². The lowest BCUT2D eigenvalue weighted by atomic mass is 10.1. The van der Waals surface area contributed by atoms with Crippen molar-refractivity contribution in [3.05, 3.63) is 66.1 Å². The van der Waals surface area contributed by atoms with Crippen LogP contribution in [-0.4, -0.2) is 59.6 Å². The highest BCUT2D eigenvalue weighted by Crippen LogP contribution is 2.33. The lowest BCUT2D eigenvalue weighted by Crippen LogP contribution is -2.51. The predicted octanol–water partition coefficient (Wildman–Crippen LogP) is 3.47. The molecule has 0 unspecified atom stereocenters. The third-order valence-corrected chi connectivity index (χ3v) is 6.71. The average molecular weight is 460 g/mol. The number of para-hydroxylation sites is 1. The van der Waals surface area contributed by atoms with Crippen LogP contribution >= 0.6 is 0 Å². The summed E-state index contributed by atoms with van der Waals surface area (Å²) in [4.78, 5) is 33.8. The molecule has 1 aromatic heterocycles. The largest absolute Gasteiger partial charge is 0.368 e. The summed E-state index contributed by atoms with van der Waals surface area (Å²) < 4.78 is 5.45. The molecule has 0 spiro atoms. The van der Waals surface area contributed by atoms with Gasteiger partial charge in [0.25, 0.3) is 5.91 Å².